The van der Waals surface area contributed by atoms with E-state index in [-0.39, 0.29) is 0 Å². The van der Waals surface area contributed by atoms with Gasteiger partial charge in [-0.3, -0.25) is 4.99 Å². The van der Waals surface area contributed by atoms with Gasteiger partial charge >= 0.3 is 6.18 Å². The van der Waals surface area contributed by atoms with Crippen molar-refractivity contribution in [2.75, 3.05) is 0 Å². The summed E-state index contributed by atoms with van der Waals surface area (Å²) in [4.78, 5) is 5.08. The van der Waals surface area contributed by atoms with Crippen LogP contribution in [0, 0.1) is 0 Å². The van der Waals surface area contributed by atoms with E-state index in [0.717, 1.165) is 34.5 Å². The molecule has 4 heteroatoms. The van der Waals surface area contributed by atoms with Crippen molar-refractivity contribution in [2.24, 2.45) is 4.99 Å². The first-order valence-corrected chi connectivity index (χ1v) is 9.93. The molecule has 1 unspecified atom stereocenters. The first kappa shape index (κ1) is 20.6. The van der Waals surface area contributed by atoms with Crippen LogP contribution in [-0.2, 0) is 6.18 Å². The quantitative estimate of drug-likeness (QED) is 0.303. The van der Waals surface area contributed by atoms with Crippen molar-refractivity contribution >= 4 is 5.71 Å². The topological polar surface area (TPSA) is 12.4 Å². The summed E-state index contributed by atoms with van der Waals surface area (Å²) in [6.07, 6.45) is -4.37. The van der Waals surface area contributed by atoms with Crippen molar-refractivity contribution in [1.82, 2.24) is 0 Å². The van der Waals surface area contributed by atoms with Crippen molar-refractivity contribution in [3.8, 4) is 0 Å². The van der Waals surface area contributed by atoms with Crippen molar-refractivity contribution in [2.45, 2.75) is 12.2 Å². The van der Waals surface area contributed by atoms with E-state index in [1.807, 2.05) is 91.0 Å². The molecule has 4 aromatic rings. The van der Waals surface area contributed by atoms with Crippen LogP contribution in [0.4, 0.5) is 13.2 Å². The van der Waals surface area contributed by atoms with Gasteiger partial charge in [0.05, 0.1) is 11.3 Å². The third-order valence-corrected chi connectivity index (χ3v) is 5.02. The minimum Gasteiger partial charge on any atom is -0.271 e. The standard InChI is InChI=1S/C27H20F3N/c28-27(29,30)24-18-16-23(17-19-24)26(22-14-8-3-9-15-22)31-25(20-10-4-1-5-11-20)21-12-6-2-7-13-21/h1-19,26H. The van der Waals surface area contributed by atoms with Gasteiger partial charge in [-0.15, -0.1) is 0 Å². The van der Waals surface area contributed by atoms with Gasteiger partial charge in [-0.25, -0.2) is 0 Å². The van der Waals surface area contributed by atoms with E-state index in [4.69, 9.17) is 4.99 Å². The summed E-state index contributed by atoms with van der Waals surface area (Å²) in [5.41, 5.74) is 3.62. The lowest BCUT2D eigenvalue weighted by Gasteiger charge is -2.18. The minimum atomic E-state index is -4.37. The SMILES string of the molecule is FC(F)(F)c1ccc(C(N=C(c2ccccc2)c2ccccc2)c2ccccc2)cc1. The van der Waals surface area contributed by atoms with Crippen molar-refractivity contribution < 1.29 is 13.2 Å². The summed E-state index contributed by atoms with van der Waals surface area (Å²) in [6, 6.07) is 34.0. The van der Waals surface area contributed by atoms with Crippen LogP contribution in [0.1, 0.15) is 33.9 Å². The fourth-order valence-electron chi connectivity index (χ4n) is 3.47. The van der Waals surface area contributed by atoms with Crippen LogP contribution >= 0.6 is 0 Å². The van der Waals surface area contributed by atoms with Crippen LogP contribution in [-0.4, -0.2) is 5.71 Å². The Bertz CT molecular complexity index is 1090. The zero-order valence-electron chi connectivity index (χ0n) is 16.6. The average Bonchev–Trinajstić information content (AvgIpc) is 2.81. The molecule has 0 aliphatic rings. The zero-order valence-corrected chi connectivity index (χ0v) is 16.6. The first-order valence-electron chi connectivity index (χ1n) is 9.93. The Kier molecular flexibility index (Phi) is 5.99. The summed E-state index contributed by atoms with van der Waals surface area (Å²) in [7, 11) is 0. The summed E-state index contributed by atoms with van der Waals surface area (Å²) in [5, 5.41) is 0. The monoisotopic (exact) mass is 415 g/mol. The van der Waals surface area contributed by atoms with E-state index >= 15 is 0 Å². The van der Waals surface area contributed by atoms with Gasteiger partial charge in [0.1, 0.15) is 6.04 Å². The molecule has 0 fully saturated rings. The zero-order chi connectivity index (χ0) is 21.7. The predicted molar refractivity (Wildman–Crippen MR) is 118 cm³/mol. The molecule has 0 aromatic heterocycles. The number of halogens is 3. The Hall–Kier alpha value is -3.66. The van der Waals surface area contributed by atoms with Crippen molar-refractivity contribution in [3.63, 3.8) is 0 Å². The lowest BCUT2D eigenvalue weighted by atomic mass is 9.96. The molecule has 0 saturated heterocycles. The Labute approximate surface area is 179 Å². The van der Waals surface area contributed by atoms with Crippen LogP contribution in [0.3, 0.4) is 0 Å². The second kappa shape index (κ2) is 9.00. The Balaban J connectivity index is 1.87. The maximum absolute atomic E-state index is 13.1. The number of aliphatic imine (C=N–C) groups is 1. The molecule has 154 valence electrons. The summed E-state index contributed by atoms with van der Waals surface area (Å²) in [5.74, 6) is 0. The largest absolute Gasteiger partial charge is 0.416 e. The first-order chi connectivity index (χ1) is 15.0. The molecule has 0 saturated carbocycles. The highest BCUT2D eigenvalue weighted by Crippen LogP contribution is 2.33. The van der Waals surface area contributed by atoms with E-state index in [0.29, 0.717) is 5.56 Å². The molecule has 0 N–H and O–H groups in total. The van der Waals surface area contributed by atoms with Gasteiger partial charge in [0.25, 0.3) is 0 Å². The molecule has 0 heterocycles. The highest BCUT2D eigenvalue weighted by Gasteiger charge is 2.30. The van der Waals surface area contributed by atoms with Crippen LogP contribution < -0.4 is 0 Å². The molecule has 31 heavy (non-hydrogen) atoms. The van der Waals surface area contributed by atoms with Gasteiger partial charge in [-0.1, -0.05) is 103 Å². The summed E-state index contributed by atoms with van der Waals surface area (Å²) < 4.78 is 39.2. The molecular formula is C27H20F3N. The number of benzene rings is 4. The summed E-state index contributed by atoms with van der Waals surface area (Å²) >= 11 is 0. The number of hydrogen-bond donors (Lipinski definition) is 0. The molecule has 0 bridgehead atoms. The maximum Gasteiger partial charge on any atom is 0.416 e. The van der Waals surface area contributed by atoms with Gasteiger partial charge in [-0.05, 0) is 23.3 Å². The second-order valence-corrected chi connectivity index (χ2v) is 7.14. The lowest BCUT2D eigenvalue weighted by molar-refractivity contribution is -0.137. The minimum absolute atomic E-state index is 0.445. The highest BCUT2D eigenvalue weighted by atomic mass is 19.4. The van der Waals surface area contributed by atoms with Crippen LogP contribution in [0.5, 0.6) is 0 Å². The second-order valence-electron chi connectivity index (χ2n) is 7.14. The van der Waals surface area contributed by atoms with Gasteiger partial charge in [-0.2, -0.15) is 13.2 Å². The van der Waals surface area contributed by atoms with Gasteiger partial charge in [0.2, 0.25) is 0 Å². The number of rotatable bonds is 5. The Morgan fingerprint density at radius 3 is 1.42 bits per heavy atom. The maximum atomic E-state index is 13.1. The molecule has 4 rings (SSSR count). The molecule has 0 radical (unpaired) electrons. The van der Waals surface area contributed by atoms with E-state index in [1.165, 1.54) is 12.1 Å². The Morgan fingerprint density at radius 2 is 0.968 bits per heavy atom. The Morgan fingerprint density at radius 1 is 0.548 bits per heavy atom. The van der Waals surface area contributed by atoms with E-state index in [2.05, 4.69) is 0 Å². The highest BCUT2D eigenvalue weighted by molar-refractivity contribution is 6.13. The van der Waals surface area contributed by atoms with E-state index in [9.17, 15) is 13.2 Å². The normalized spacial score (nSPS) is 12.2. The molecular weight excluding hydrogens is 395 g/mol. The third kappa shape index (κ3) is 4.92. The number of hydrogen-bond acceptors (Lipinski definition) is 1. The van der Waals surface area contributed by atoms with Crippen molar-refractivity contribution in [3.05, 3.63) is 143 Å². The number of nitrogens with zero attached hydrogens (tertiary/aromatic N) is 1. The fraction of sp³-hybridized carbons (Fsp3) is 0.0741. The fourth-order valence-corrected chi connectivity index (χ4v) is 3.47. The molecule has 1 nitrogen and oxygen atoms in total. The molecule has 0 aliphatic carbocycles. The van der Waals surface area contributed by atoms with E-state index in [1.54, 1.807) is 0 Å². The molecule has 0 amide bonds. The van der Waals surface area contributed by atoms with Gasteiger partial charge < -0.3 is 0 Å². The third-order valence-electron chi connectivity index (χ3n) is 5.02. The average molecular weight is 415 g/mol. The molecule has 1 atom stereocenters. The molecule has 0 aliphatic heterocycles. The smallest absolute Gasteiger partial charge is 0.271 e. The van der Waals surface area contributed by atoms with Crippen LogP contribution in [0.15, 0.2) is 120 Å². The summed E-state index contributed by atoms with van der Waals surface area (Å²) in [6.45, 7) is 0. The lowest BCUT2D eigenvalue weighted by Crippen LogP contribution is -2.09. The van der Waals surface area contributed by atoms with Gasteiger partial charge in [0.15, 0.2) is 0 Å². The van der Waals surface area contributed by atoms with Crippen molar-refractivity contribution in [1.29, 1.82) is 0 Å². The number of alkyl halides is 3. The van der Waals surface area contributed by atoms with Crippen LogP contribution in [0.25, 0.3) is 0 Å². The van der Waals surface area contributed by atoms with Gasteiger partial charge in [0, 0.05) is 11.1 Å². The predicted octanol–water partition coefficient (Wildman–Crippen LogP) is 7.33. The van der Waals surface area contributed by atoms with Crippen LogP contribution in [0.2, 0.25) is 0 Å². The van der Waals surface area contributed by atoms with E-state index < -0.39 is 17.8 Å². The molecule has 4 aromatic carbocycles. The molecule has 0 spiro atoms.